The van der Waals surface area contributed by atoms with E-state index in [1.165, 1.54) is 11.1 Å². The highest BCUT2D eigenvalue weighted by molar-refractivity contribution is 5.82. The SMILES string of the molecule is CN1Cc2ccccc2C[C@@H]1C(=O)NCc1noc(Cc2ccccc2)n1. The van der Waals surface area contributed by atoms with E-state index in [9.17, 15) is 4.79 Å². The Bertz CT molecular complexity index is 923. The van der Waals surface area contributed by atoms with E-state index in [0.29, 0.717) is 24.6 Å². The van der Waals surface area contributed by atoms with Crippen molar-refractivity contribution >= 4 is 5.91 Å². The number of nitrogens with zero attached hydrogens (tertiary/aromatic N) is 3. The van der Waals surface area contributed by atoms with Crippen LogP contribution in [0.2, 0.25) is 0 Å². The molecule has 6 nitrogen and oxygen atoms in total. The zero-order valence-electron chi connectivity index (χ0n) is 15.3. The van der Waals surface area contributed by atoms with Gasteiger partial charge in [0, 0.05) is 6.54 Å². The number of amides is 1. The summed E-state index contributed by atoms with van der Waals surface area (Å²) in [6.45, 7) is 1.04. The summed E-state index contributed by atoms with van der Waals surface area (Å²) in [5.74, 6) is 1.03. The van der Waals surface area contributed by atoms with E-state index in [1.807, 2.05) is 49.5 Å². The molecule has 0 spiro atoms. The Hall–Kier alpha value is -2.99. The fraction of sp³-hybridized carbons (Fsp3) is 0.286. The van der Waals surface area contributed by atoms with Gasteiger partial charge in [0.25, 0.3) is 0 Å². The summed E-state index contributed by atoms with van der Waals surface area (Å²) in [6, 6.07) is 18.0. The number of carbonyl (C=O) groups is 1. The summed E-state index contributed by atoms with van der Waals surface area (Å²) in [7, 11) is 1.98. The third-order valence-electron chi connectivity index (χ3n) is 4.92. The van der Waals surface area contributed by atoms with Crippen LogP contribution in [0.1, 0.15) is 28.4 Å². The maximum absolute atomic E-state index is 12.7. The number of carbonyl (C=O) groups excluding carboxylic acids is 1. The van der Waals surface area contributed by atoms with Crippen LogP contribution in [0.25, 0.3) is 0 Å². The van der Waals surface area contributed by atoms with Crippen molar-refractivity contribution in [3.8, 4) is 0 Å². The molecule has 2 aromatic carbocycles. The van der Waals surface area contributed by atoms with Crippen molar-refractivity contribution in [2.24, 2.45) is 0 Å². The number of aromatic nitrogens is 2. The second-order valence-corrected chi connectivity index (χ2v) is 6.89. The summed E-state index contributed by atoms with van der Waals surface area (Å²) >= 11 is 0. The minimum atomic E-state index is -0.185. The largest absolute Gasteiger partial charge is 0.347 e. The Labute approximate surface area is 158 Å². The van der Waals surface area contributed by atoms with Gasteiger partial charge in [-0.3, -0.25) is 9.69 Å². The van der Waals surface area contributed by atoms with E-state index in [-0.39, 0.29) is 18.5 Å². The molecule has 1 atom stereocenters. The van der Waals surface area contributed by atoms with E-state index in [1.54, 1.807) is 0 Å². The summed E-state index contributed by atoms with van der Waals surface area (Å²) in [5, 5.41) is 6.91. The van der Waals surface area contributed by atoms with Gasteiger partial charge in [0.1, 0.15) is 0 Å². The second-order valence-electron chi connectivity index (χ2n) is 6.89. The lowest BCUT2D eigenvalue weighted by Gasteiger charge is -2.32. The molecule has 0 aliphatic carbocycles. The van der Waals surface area contributed by atoms with Crippen LogP contribution in [-0.4, -0.2) is 34.0 Å². The van der Waals surface area contributed by atoms with E-state index in [4.69, 9.17) is 4.52 Å². The van der Waals surface area contributed by atoms with Crippen LogP contribution in [0, 0.1) is 0 Å². The van der Waals surface area contributed by atoms with Crippen molar-refractivity contribution in [3.63, 3.8) is 0 Å². The standard InChI is InChI=1S/C21H22N4O2/c1-25-14-17-10-6-5-9-16(17)12-18(25)21(26)22-13-19-23-20(27-24-19)11-15-7-3-2-4-8-15/h2-10,18H,11-14H2,1H3,(H,22,26)/t18-/m1/s1. The fourth-order valence-corrected chi connectivity index (χ4v) is 3.43. The predicted molar refractivity (Wildman–Crippen MR) is 101 cm³/mol. The molecule has 4 rings (SSSR count). The highest BCUT2D eigenvalue weighted by Crippen LogP contribution is 2.22. The Morgan fingerprint density at radius 2 is 1.89 bits per heavy atom. The van der Waals surface area contributed by atoms with Gasteiger partial charge < -0.3 is 9.84 Å². The Balaban J connectivity index is 1.34. The maximum atomic E-state index is 12.7. The van der Waals surface area contributed by atoms with E-state index in [0.717, 1.165) is 12.1 Å². The van der Waals surface area contributed by atoms with E-state index < -0.39 is 0 Å². The molecule has 27 heavy (non-hydrogen) atoms. The Kier molecular flexibility index (Phi) is 4.98. The van der Waals surface area contributed by atoms with Crippen molar-refractivity contribution in [2.45, 2.75) is 32.0 Å². The zero-order valence-corrected chi connectivity index (χ0v) is 15.3. The molecule has 2 heterocycles. The normalized spacial score (nSPS) is 16.7. The molecule has 6 heteroatoms. The van der Waals surface area contributed by atoms with Crippen LogP contribution in [0.4, 0.5) is 0 Å². The van der Waals surface area contributed by atoms with Gasteiger partial charge in [-0.15, -0.1) is 0 Å². The van der Waals surface area contributed by atoms with Gasteiger partial charge in [-0.2, -0.15) is 4.98 Å². The number of fused-ring (bicyclic) bond motifs is 1. The first-order valence-corrected chi connectivity index (χ1v) is 9.09. The fourth-order valence-electron chi connectivity index (χ4n) is 3.43. The molecule has 1 aromatic heterocycles. The van der Waals surface area contributed by atoms with Gasteiger partial charge in [-0.25, -0.2) is 0 Å². The quantitative estimate of drug-likeness (QED) is 0.754. The van der Waals surface area contributed by atoms with Gasteiger partial charge in [0.05, 0.1) is 19.0 Å². The van der Waals surface area contributed by atoms with Gasteiger partial charge in [0.2, 0.25) is 11.8 Å². The molecule has 0 radical (unpaired) electrons. The summed E-state index contributed by atoms with van der Waals surface area (Å²) in [4.78, 5) is 19.1. The molecular formula is C21H22N4O2. The summed E-state index contributed by atoms with van der Waals surface area (Å²) in [6.07, 6.45) is 1.30. The van der Waals surface area contributed by atoms with Crippen molar-refractivity contribution in [3.05, 3.63) is 83.0 Å². The number of likely N-dealkylation sites (N-methyl/N-ethyl adjacent to an activating group) is 1. The average Bonchev–Trinajstić information content (AvgIpc) is 3.13. The van der Waals surface area contributed by atoms with Gasteiger partial charge in [-0.05, 0) is 30.2 Å². The van der Waals surface area contributed by atoms with Crippen LogP contribution < -0.4 is 5.32 Å². The molecule has 1 N–H and O–H groups in total. The molecule has 0 unspecified atom stereocenters. The third-order valence-corrected chi connectivity index (χ3v) is 4.92. The Morgan fingerprint density at radius 1 is 1.15 bits per heavy atom. The topological polar surface area (TPSA) is 71.3 Å². The first kappa shape index (κ1) is 17.4. The van der Waals surface area contributed by atoms with Crippen molar-refractivity contribution in [2.75, 3.05) is 7.05 Å². The predicted octanol–water partition coefficient (Wildman–Crippen LogP) is 2.33. The zero-order chi connectivity index (χ0) is 18.6. The molecule has 0 saturated heterocycles. The monoisotopic (exact) mass is 362 g/mol. The number of benzene rings is 2. The van der Waals surface area contributed by atoms with Crippen molar-refractivity contribution in [1.29, 1.82) is 0 Å². The van der Waals surface area contributed by atoms with Gasteiger partial charge in [-0.1, -0.05) is 59.8 Å². The smallest absolute Gasteiger partial charge is 0.238 e. The van der Waals surface area contributed by atoms with Crippen LogP contribution in [0.15, 0.2) is 59.1 Å². The molecule has 0 saturated carbocycles. The molecule has 1 aliphatic rings. The molecule has 1 amide bonds. The van der Waals surface area contributed by atoms with Crippen LogP contribution in [0.3, 0.4) is 0 Å². The molecule has 138 valence electrons. The number of rotatable bonds is 5. The molecule has 0 fully saturated rings. The first-order chi connectivity index (χ1) is 13.2. The number of nitrogens with one attached hydrogen (secondary N) is 1. The third kappa shape index (κ3) is 4.06. The molecule has 0 bridgehead atoms. The van der Waals surface area contributed by atoms with Gasteiger partial charge in [0.15, 0.2) is 5.82 Å². The van der Waals surface area contributed by atoms with Crippen LogP contribution in [-0.2, 0) is 30.7 Å². The second kappa shape index (κ2) is 7.72. The minimum absolute atomic E-state index is 0.0126. The minimum Gasteiger partial charge on any atom is -0.347 e. The highest BCUT2D eigenvalue weighted by Gasteiger charge is 2.28. The van der Waals surface area contributed by atoms with Crippen molar-refractivity contribution < 1.29 is 9.32 Å². The van der Waals surface area contributed by atoms with E-state index in [2.05, 4.69) is 32.5 Å². The van der Waals surface area contributed by atoms with Crippen LogP contribution in [0.5, 0.6) is 0 Å². The first-order valence-electron chi connectivity index (χ1n) is 9.09. The highest BCUT2D eigenvalue weighted by atomic mass is 16.5. The maximum Gasteiger partial charge on any atom is 0.238 e. The summed E-state index contributed by atoms with van der Waals surface area (Å²) < 4.78 is 5.29. The number of hydrogen-bond donors (Lipinski definition) is 1. The summed E-state index contributed by atoms with van der Waals surface area (Å²) in [5.41, 5.74) is 3.63. The van der Waals surface area contributed by atoms with Crippen LogP contribution >= 0.6 is 0 Å². The van der Waals surface area contributed by atoms with Gasteiger partial charge >= 0.3 is 0 Å². The lowest BCUT2D eigenvalue weighted by atomic mass is 9.94. The molecule has 1 aliphatic heterocycles. The van der Waals surface area contributed by atoms with Crippen molar-refractivity contribution in [1.82, 2.24) is 20.4 Å². The van der Waals surface area contributed by atoms with E-state index >= 15 is 0 Å². The lowest BCUT2D eigenvalue weighted by Crippen LogP contribution is -2.48. The molecular weight excluding hydrogens is 340 g/mol. The Morgan fingerprint density at radius 3 is 2.70 bits per heavy atom. The molecule has 3 aromatic rings. The average molecular weight is 362 g/mol. The lowest BCUT2D eigenvalue weighted by molar-refractivity contribution is -0.126. The number of hydrogen-bond acceptors (Lipinski definition) is 5.